The molecule has 0 saturated heterocycles. The highest BCUT2D eigenvalue weighted by Crippen LogP contribution is 2.24. The Labute approximate surface area is 96.2 Å². The van der Waals surface area contributed by atoms with Gasteiger partial charge < -0.3 is 10.5 Å². The molecule has 1 amide bonds. The molecule has 1 aromatic heterocycles. The van der Waals surface area contributed by atoms with Gasteiger partial charge in [-0.15, -0.1) is 0 Å². The van der Waals surface area contributed by atoms with E-state index in [9.17, 15) is 4.79 Å². The number of hydrogen-bond donors (Lipinski definition) is 3. The Morgan fingerprint density at radius 3 is 3.00 bits per heavy atom. The van der Waals surface area contributed by atoms with Crippen LogP contribution in [0.25, 0.3) is 0 Å². The summed E-state index contributed by atoms with van der Waals surface area (Å²) in [7, 11) is 1.48. The first kappa shape index (κ1) is 10.9. The molecular formula is C9H10N6O2. The molecule has 4 N–H and O–H groups in total. The van der Waals surface area contributed by atoms with Crippen molar-refractivity contribution in [1.82, 2.24) is 20.6 Å². The average Bonchev–Trinajstić information content (AvgIpc) is 2.82. The smallest absolute Gasteiger partial charge is 0.260 e. The second-order valence-electron chi connectivity index (χ2n) is 3.13. The number of nitrogens with two attached hydrogens (primary N) is 1. The van der Waals surface area contributed by atoms with Gasteiger partial charge in [0.05, 0.1) is 18.4 Å². The molecule has 0 saturated carbocycles. The maximum absolute atomic E-state index is 11.8. The summed E-state index contributed by atoms with van der Waals surface area (Å²) in [6.07, 6.45) is 0. The Kier molecular flexibility index (Phi) is 2.86. The molecule has 1 aromatic carbocycles. The number of H-pyrrole nitrogens is 1. The fourth-order valence-electron chi connectivity index (χ4n) is 1.31. The molecule has 2 aromatic rings. The largest absolute Gasteiger partial charge is 0.495 e. The minimum Gasteiger partial charge on any atom is -0.495 e. The number of methoxy groups -OCH3 is 1. The number of hydrogen-bond acceptors (Lipinski definition) is 6. The fourth-order valence-corrected chi connectivity index (χ4v) is 1.31. The lowest BCUT2D eigenvalue weighted by atomic mass is 10.1. The average molecular weight is 234 g/mol. The van der Waals surface area contributed by atoms with E-state index in [1.165, 1.54) is 7.11 Å². The molecule has 0 aliphatic carbocycles. The number of carbonyl (C=O) groups is 1. The zero-order chi connectivity index (χ0) is 12.3. The first-order valence-corrected chi connectivity index (χ1v) is 4.70. The maximum atomic E-state index is 11.8. The van der Waals surface area contributed by atoms with Gasteiger partial charge in [0.2, 0.25) is 5.95 Å². The number of nitrogen functional groups attached to an aromatic ring is 1. The highest BCUT2D eigenvalue weighted by atomic mass is 16.5. The van der Waals surface area contributed by atoms with Gasteiger partial charge in [-0.25, -0.2) is 5.10 Å². The number of aromatic amines is 1. The lowest BCUT2D eigenvalue weighted by Crippen LogP contribution is -2.15. The van der Waals surface area contributed by atoms with Crippen LogP contribution in [0.3, 0.4) is 0 Å². The minimum atomic E-state index is -0.417. The molecule has 8 heteroatoms. The molecule has 1 heterocycles. The number of carbonyl (C=O) groups excluding carboxylic acids is 1. The SMILES string of the molecule is COc1cccc(C(=O)Nc2nnn[nH]2)c1N. The third-order valence-corrected chi connectivity index (χ3v) is 2.11. The van der Waals surface area contributed by atoms with Crippen molar-refractivity contribution in [3.05, 3.63) is 23.8 Å². The van der Waals surface area contributed by atoms with E-state index in [0.29, 0.717) is 11.3 Å². The first-order valence-electron chi connectivity index (χ1n) is 4.70. The first-order chi connectivity index (χ1) is 8.22. The van der Waals surface area contributed by atoms with Crippen LogP contribution >= 0.6 is 0 Å². The van der Waals surface area contributed by atoms with Crippen molar-refractivity contribution >= 4 is 17.5 Å². The van der Waals surface area contributed by atoms with Crippen LogP contribution in [0.2, 0.25) is 0 Å². The predicted octanol–water partition coefficient (Wildman–Crippen LogP) is 0.0428. The Hall–Kier alpha value is -2.64. The molecule has 0 atom stereocenters. The van der Waals surface area contributed by atoms with Gasteiger partial charge in [0.15, 0.2) is 0 Å². The molecule has 0 radical (unpaired) electrons. The summed E-state index contributed by atoms with van der Waals surface area (Å²) < 4.78 is 5.02. The molecule has 17 heavy (non-hydrogen) atoms. The van der Waals surface area contributed by atoms with Gasteiger partial charge in [-0.1, -0.05) is 11.2 Å². The van der Waals surface area contributed by atoms with E-state index in [1.807, 2.05) is 0 Å². The van der Waals surface area contributed by atoms with E-state index < -0.39 is 5.91 Å². The van der Waals surface area contributed by atoms with Gasteiger partial charge in [-0.05, 0) is 22.6 Å². The lowest BCUT2D eigenvalue weighted by Gasteiger charge is -2.08. The van der Waals surface area contributed by atoms with Crippen LogP contribution < -0.4 is 15.8 Å². The number of benzene rings is 1. The van der Waals surface area contributed by atoms with Crippen molar-refractivity contribution < 1.29 is 9.53 Å². The van der Waals surface area contributed by atoms with Crippen LogP contribution in [-0.4, -0.2) is 33.6 Å². The highest BCUT2D eigenvalue weighted by Gasteiger charge is 2.14. The van der Waals surface area contributed by atoms with E-state index >= 15 is 0 Å². The van der Waals surface area contributed by atoms with Gasteiger partial charge in [-0.3, -0.25) is 10.1 Å². The van der Waals surface area contributed by atoms with Crippen LogP contribution in [-0.2, 0) is 0 Å². The van der Waals surface area contributed by atoms with Crippen molar-refractivity contribution in [3.8, 4) is 5.75 Å². The zero-order valence-electron chi connectivity index (χ0n) is 8.97. The number of tetrazole rings is 1. The number of nitrogens with zero attached hydrogens (tertiary/aromatic N) is 3. The molecular weight excluding hydrogens is 224 g/mol. The van der Waals surface area contributed by atoms with Gasteiger partial charge in [0.1, 0.15) is 5.75 Å². The van der Waals surface area contributed by atoms with Gasteiger partial charge in [-0.2, -0.15) is 0 Å². The molecule has 0 fully saturated rings. The fraction of sp³-hybridized carbons (Fsp3) is 0.111. The van der Waals surface area contributed by atoms with Crippen LogP contribution in [0.15, 0.2) is 18.2 Å². The maximum Gasteiger partial charge on any atom is 0.260 e. The number of ether oxygens (including phenoxy) is 1. The quantitative estimate of drug-likeness (QED) is 0.645. The molecule has 8 nitrogen and oxygen atoms in total. The Morgan fingerprint density at radius 1 is 1.53 bits per heavy atom. The molecule has 2 rings (SSSR count). The summed E-state index contributed by atoms with van der Waals surface area (Å²) >= 11 is 0. The van der Waals surface area contributed by atoms with Gasteiger partial charge in [0, 0.05) is 0 Å². The number of rotatable bonds is 3. The number of aromatic nitrogens is 4. The molecule has 88 valence electrons. The summed E-state index contributed by atoms with van der Waals surface area (Å²) in [6, 6.07) is 4.92. The Balaban J connectivity index is 2.25. The van der Waals surface area contributed by atoms with Crippen molar-refractivity contribution in [2.45, 2.75) is 0 Å². The van der Waals surface area contributed by atoms with E-state index in [1.54, 1.807) is 18.2 Å². The van der Waals surface area contributed by atoms with E-state index in [2.05, 4.69) is 25.9 Å². The Morgan fingerprint density at radius 2 is 2.35 bits per heavy atom. The van der Waals surface area contributed by atoms with Crippen molar-refractivity contribution in [3.63, 3.8) is 0 Å². The summed E-state index contributed by atoms with van der Waals surface area (Å²) in [5.41, 5.74) is 6.33. The van der Waals surface area contributed by atoms with Crippen LogP contribution in [0.5, 0.6) is 5.75 Å². The van der Waals surface area contributed by atoms with E-state index in [4.69, 9.17) is 10.5 Å². The second-order valence-corrected chi connectivity index (χ2v) is 3.13. The zero-order valence-corrected chi connectivity index (χ0v) is 8.97. The number of para-hydroxylation sites is 1. The molecule has 0 spiro atoms. The number of amides is 1. The van der Waals surface area contributed by atoms with E-state index in [0.717, 1.165) is 0 Å². The minimum absolute atomic E-state index is 0.150. The van der Waals surface area contributed by atoms with Crippen LogP contribution in [0.1, 0.15) is 10.4 Å². The lowest BCUT2D eigenvalue weighted by molar-refractivity contribution is 0.102. The summed E-state index contributed by atoms with van der Waals surface area (Å²) in [4.78, 5) is 11.8. The molecule has 0 aliphatic heterocycles. The van der Waals surface area contributed by atoms with Crippen molar-refractivity contribution in [2.24, 2.45) is 0 Å². The third kappa shape index (κ3) is 2.14. The van der Waals surface area contributed by atoms with Crippen LogP contribution in [0.4, 0.5) is 11.6 Å². The monoisotopic (exact) mass is 234 g/mol. The highest BCUT2D eigenvalue weighted by molar-refractivity contribution is 6.07. The van der Waals surface area contributed by atoms with Gasteiger partial charge >= 0.3 is 0 Å². The standard InChI is InChI=1S/C9H10N6O2/c1-17-6-4-2-3-5(7(6)10)8(16)11-9-12-14-15-13-9/h2-4H,10H2,1H3,(H2,11,12,13,14,15,16). The topological polar surface area (TPSA) is 119 Å². The third-order valence-electron chi connectivity index (χ3n) is 2.11. The normalized spacial score (nSPS) is 9.94. The molecule has 0 aliphatic rings. The van der Waals surface area contributed by atoms with E-state index in [-0.39, 0.29) is 11.6 Å². The number of nitrogens with one attached hydrogen (secondary N) is 2. The predicted molar refractivity (Wildman–Crippen MR) is 59.5 cm³/mol. The Bertz CT molecular complexity index is 524. The molecule has 0 unspecified atom stereocenters. The van der Waals surface area contributed by atoms with Crippen molar-refractivity contribution in [1.29, 1.82) is 0 Å². The summed E-state index contributed by atoms with van der Waals surface area (Å²) in [5.74, 6) is 0.172. The summed E-state index contributed by atoms with van der Waals surface area (Å²) in [5, 5.41) is 15.1. The van der Waals surface area contributed by atoms with Gasteiger partial charge in [0.25, 0.3) is 5.91 Å². The summed E-state index contributed by atoms with van der Waals surface area (Å²) in [6.45, 7) is 0. The van der Waals surface area contributed by atoms with Crippen molar-refractivity contribution in [2.75, 3.05) is 18.2 Å². The molecule has 0 bridgehead atoms. The second kappa shape index (κ2) is 4.47. The number of anilines is 2. The van der Waals surface area contributed by atoms with Crippen LogP contribution in [0, 0.1) is 0 Å².